The molecule has 4 rings (SSSR count). The standard InChI is InChI=1S/C26H34N2O2/c1-4-16-27(6-3)24-14-11-22(18-19(24)5-2)28-17-15-25(26(28)29)30-23-12-9-21(10-13-23)20-7-8-20/h9-14,18,20,25H,4-8,15-17H2,1-3H3. The van der Waals surface area contributed by atoms with E-state index in [1.807, 2.05) is 17.0 Å². The van der Waals surface area contributed by atoms with Gasteiger partial charge < -0.3 is 14.5 Å². The van der Waals surface area contributed by atoms with Gasteiger partial charge in [-0.05, 0) is 80.0 Å². The van der Waals surface area contributed by atoms with Crippen molar-refractivity contribution in [2.45, 2.75) is 64.9 Å². The number of hydrogen-bond acceptors (Lipinski definition) is 3. The summed E-state index contributed by atoms with van der Waals surface area (Å²) in [7, 11) is 0. The van der Waals surface area contributed by atoms with E-state index >= 15 is 0 Å². The third kappa shape index (κ3) is 4.33. The number of amides is 1. The molecule has 0 spiro atoms. The van der Waals surface area contributed by atoms with Crippen molar-refractivity contribution in [2.24, 2.45) is 0 Å². The van der Waals surface area contributed by atoms with Crippen LogP contribution < -0.4 is 14.5 Å². The average molecular weight is 407 g/mol. The quantitative estimate of drug-likeness (QED) is 0.547. The van der Waals surface area contributed by atoms with Gasteiger partial charge in [-0.15, -0.1) is 0 Å². The fraction of sp³-hybridized carbons (Fsp3) is 0.500. The molecule has 1 unspecified atom stereocenters. The summed E-state index contributed by atoms with van der Waals surface area (Å²) in [5.41, 5.74) is 4.97. The van der Waals surface area contributed by atoms with E-state index < -0.39 is 6.10 Å². The molecule has 1 atom stereocenters. The lowest BCUT2D eigenvalue weighted by atomic mass is 10.1. The van der Waals surface area contributed by atoms with Gasteiger partial charge in [0.15, 0.2) is 6.10 Å². The summed E-state index contributed by atoms with van der Waals surface area (Å²) in [4.78, 5) is 17.4. The summed E-state index contributed by atoms with van der Waals surface area (Å²) < 4.78 is 6.06. The molecule has 0 bridgehead atoms. The third-order valence-corrected chi connectivity index (χ3v) is 6.34. The van der Waals surface area contributed by atoms with Gasteiger partial charge in [-0.25, -0.2) is 0 Å². The minimum absolute atomic E-state index is 0.0666. The summed E-state index contributed by atoms with van der Waals surface area (Å²) in [6.07, 6.45) is 5.01. The molecule has 1 heterocycles. The number of rotatable bonds is 9. The van der Waals surface area contributed by atoms with E-state index in [1.54, 1.807) is 0 Å². The zero-order valence-corrected chi connectivity index (χ0v) is 18.6. The van der Waals surface area contributed by atoms with E-state index in [4.69, 9.17) is 4.74 Å². The second-order valence-corrected chi connectivity index (χ2v) is 8.47. The van der Waals surface area contributed by atoms with Gasteiger partial charge in [0.05, 0.1) is 0 Å². The first-order valence-electron chi connectivity index (χ1n) is 11.6. The molecule has 0 aromatic heterocycles. The molecule has 30 heavy (non-hydrogen) atoms. The smallest absolute Gasteiger partial charge is 0.268 e. The van der Waals surface area contributed by atoms with Crippen molar-refractivity contribution in [1.82, 2.24) is 0 Å². The molecule has 2 aliphatic rings. The zero-order valence-electron chi connectivity index (χ0n) is 18.6. The van der Waals surface area contributed by atoms with Crippen molar-refractivity contribution < 1.29 is 9.53 Å². The molecule has 1 saturated carbocycles. The van der Waals surface area contributed by atoms with Gasteiger partial charge >= 0.3 is 0 Å². The highest BCUT2D eigenvalue weighted by Crippen LogP contribution is 2.40. The summed E-state index contributed by atoms with van der Waals surface area (Å²) in [6, 6.07) is 14.8. The van der Waals surface area contributed by atoms with Crippen LogP contribution in [0.2, 0.25) is 0 Å². The molecule has 1 aliphatic heterocycles. The number of ether oxygens (including phenoxy) is 1. The predicted molar refractivity (Wildman–Crippen MR) is 124 cm³/mol. The molecule has 1 amide bonds. The Morgan fingerprint density at radius 1 is 1.03 bits per heavy atom. The van der Waals surface area contributed by atoms with E-state index in [9.17, 15) is 4.79 Å². The lowest BCUT2D eigenvalue weighted by Crippen LogP contribution is -2.32. The van der Waals surface area contributed by atoms with Crippen LogP contribution in [0.3, 0.4) is 0 Å². The molecular formula is C26H34N2O2. The number of carbonyl (C=O) groups excluding carboxylic acids is 1. The van der Waals surface area contributed by atoms with E-state index in [0.717, 1.165) is 49.7 Å². The highest BCUT2D eigenvalue weighted by molar-refractivity contribution is 5.99. The van der Waals surface area contributed by atoms with Crippen molar-refractivity contribution in [2.75, 3.05) is 29.4 Å². The Hall–Kier alpha value is -2.49. The van der Waals surface area contributed by atoms with Gasteiger partial charge in [-0.3, -0.25) is 4.79 Å². The molecule has 2 aromatic rings. The average Bonchev–Trinajstić information content (AvgIpc) is 3.57. The second kappa shape index (κ2) is 9.11. The maximum Gasteiger partial charge on any atom is 0.268 e. The van der Waals surface area contributed by atoms with Crippen molar-refractivity contribution in [3.8, 4) is 5.75 Å². The molecule has 160 valence electrons. The zero-order chi connectivity index (χ0) is 21.1. The van der Waals surface area contributed by atoms with Crippen LogP contribution in [0.1, 0.15) is 63.5 Å². The van der Waals surface area contributed by atoms with Gasteiger partial charge in [0.25, 0.3) is 5.91 Å². The van der Waals surface area contributed by atoms with Crippen LogP contribution in [0.5, 0.6) is 5.75 Å². The van der Waals surface area contributed by atoms with Crippen molar-refractivity contribution >= 4 is 17.3 Å². The first kappa shape index (κ1) is 20.8. The summed E-state index contributed by atoms with van der Waals surface area (Å²) in [5, 5.41) is 0. The van der Waals surface area contributed by atoms with Crippen LogP contribution >= 0.6 is 0 Å². The van der Waals surface area contributed by atoms with E-state index in [1.165, 1.54) is 29.7 Å². The number of carbonyl (C=O) groups is 1. The van der Waals surface area contributed by atoms with Gasteiger partial charge in [0, 0.05) is 37.4 Å². The highest BCUT2D eigenvalue weighted by Gasteiger charge is 2.34. The molecule has 0 radical (unpaired) electrons. The minimum Gasteiger partial charge on any atom is -0.481 e. The number of hydrogen-bond donors (Lipinski definition) is 0. The summed E-state index contributed by atoms with van der Waals surface area (Å²) in [5.74, 6) is 1.60. The summed E-state index contributed by atoms with van der Waals surface area (Å²) in [6.45, 7) is 9.36. The maximum absolute atomic E-state index is 13.1. The number of nitrogens with zero attached hydrogens (tertiary/aromatic N) is 2. The highest BCUT2D eigenvalue weighted by atomic mass is 16.5. The maximum atomic E-state index is 13.1. The number of anilines is 2. The Bertz CT molecular complexity index is 873. The van der Waals surface area contributed by atoms with Gasteiger partial charge in [0.1, 0.15) is 5.75 Å². The van der Waals surface area contributed by atoms with Crippen LogP contribution in [0.4, 0.5) is 11.4 Å². The lowest BCUT2D eigenvalue weighted by Gasteiger charge is -2.27. The molecular weight excluding hydrogens is 372 g/mol. The molecule has 0 N–H and O–H groups in total. The SMILES string of the molecule is CCCN(CC)c1ccc(N2CCC(Oc3ccc(C4CC4)cc3)C2=O)cc1CC. The van der Waals surface area contributed by atoms with Crippen LogP contribution in [-0.4, -0.2) is 31.6 Å². The Morgan fingerprint density at radius 2 is 1.80 bits per heavy atom. The first-order valence-corrected chi connectivity index (χ1v) is 11.6. The van der Waals surface area contributed by atoms with E-state index in [0.29, 0.717) is 6.54 Å². The third-order valence-electron chi connectivity index (χ3n) is 6.34. The Labute approximate surface area is 180 Å². The van der Waals surface area contributed by atoms with Crippen LogP contribution in [-0.2, 0) is 11.2 Å². The van der Waals surface area contributed by atoms with Crippen LogP contribution in [0.25, 0.3) is 0 Å². The predicted octanol–water partition coefficient (Wildman–Crippen LogP) is 5.55. The van der Waals surface area contributed by atoms with Crippen LogP contribution in [0, 0.1) is 0 Å². The monoisotopic (exact) mass is 406 g/mol. The van der Waals surface area contributed by atoms with E-state index in [-0.39, 0.29) is 5.91 Å². The first-order chi connectivity index (χ1) is 14.6. The normalized spacial score (nSPS) is 18.7. The van der Waals surface area contributed by atoms with Gasteiger partial charge in [-0.2, -0.15) is 0 Å². The van der Waals surface area contributed by atoms with Crippen molar-refractivity contribution in [3.63, 3.8) is 0 Å². The lowest BCUT2D eigenvalue weighted by molar-refractivity contribution is -0.122. The second-order valence-electron chi connectivity index (χ2n) is 8.47. The van der Waals surface area contributed by atoms with Crippen LogP contribution in [0.15, 0.2) is 42.5 Å². The largest absolute Gasteiger partial charge is 0.481 e. The molecule has 1 aliphatic carbocycles. The Morgan fingerprint density at radius 3 is 2.43 bits per heavy atom. The summed E-state index contributed by atoms with van der Waals surface area (Å²) >= 11 is 0. The molecule has 2 aromatic carbocycles. The van der Waals surface area contributed by atoms with Gasteiger partial charge in [-0.1, -0.05) is 26.0 Å². The Balaban J connectivity index is 1.46. The fourth-order valence-corrected chi connectivity index (χ4v) is 4.47. The number of benzene rings is 2. The number of aryl methyl sites for hydroxylation is 1. The van der Waals surface area contributed by atoms with Gasteiger partial charge in [0.2, 0.25) is 0 Å². The van der Waals surface area contributed by atoms with Crippen molar-refractivity contribution in [3.05, 3.63) is 53.6 Å². The fourth-order valence-electron chi connectivity index (χ4n) is 4.47. The topological polar surface area (TPSA) is 32.8 Å². The van der Waals surface area contributed by atoms with E-state index in [2.05, 4.69) is 56.0 Å². The molecule has 4 heteroatoms. The molecule has 2 fully saturated rings. The van der Waals surface area contributed by atoms with Crippen molar-refractivity contribution in [1.29, 1.82) is 0 Å². The minimum atomic E-state index is -0.395. The Kier molecular flexibility index (Phi) is 6.31. The molecule has 1 saturated heterocycles. The molecule has 4 nitrogen and oxygen atoms in total.